The minimum absolute atomic E-state index is 0.489. The molecule has 0 unspecified atom stereocenters. The fourth-order valence-corrected chi connectivity index (χ4v) is 1.33. The Morgan fingerprint density at radius 3 is 2.64 bits per heavy atom. The van der Waals surface area contributed by atoms with Crippen molar-refractivity contribution in [2.45, 2.75) is 0 Å². The van der Waals surface area contributed by atoms with Crippen LogP contribution in [0, 0.1) is 0 Å². The van der Waals surface area contributed by atoms with Crippen LogP contribution in [0.15, 0.2) is 33.9 Å². The number of anilines is 1. The molecule has 0 aliphatic carbocycles. The Morgan fingerprint density at radius 1 is 1.43 bits per heavy atom. The second-order valence-corrected chi connectivity index (χ2v) is 3.77. The zero-order valence-corrected chi connectivity index (χ0v) is 9.48. The van der Waals surface area contributed by atoms with Crippen molar-refractivity contribution in [2.24, 2.45) is 5.11 Å². The normalized spacial score (nSPS) is 9.29. The van der Waals surface area contributed by atoms with Crippen molar-refractivity contribution < 1.29 is 0 Å². The molecule has 5 heteroatoms. The maximum Gasteiger partial charge on any atom is 0.0434 e. The summed E-state index contributed by atoms with van der Waals surface area (Å²) in [7, 11) is 1.97. The minimum Gasteiger partial charge on any atom is -0.374 e. The number of hydrogen-bond acceptors (Lipinski definition) is 2. The molecule has 0 bridgehead atoms. The average Bonchev–Trinajstić information content (AvgIpc) is 2.19. The zero-order chi connectivity index (χ0) is 10.4. The molecule has 0 aliphatic rings. The largest absolute Gasteiger partial charge is 0.374 e. The van der Waals surface area contributed by atoms with E-state index in [-0.39, 0.29) is 0 Å². The fourth-order valence-electron chi connectivity index (χ4n) is 1.06. The van der Waals surface area contributed by atoms with Crippen LogP contribution in [0.5, 0.6) is 0 Å². The van der Waals surface area contributed by atoms with Crippen molar-refractivity contribution >= 4 is 21.6 Å². The molecule has 0 aliphatic heterocycles. The molecule has 1 aromatic rings. The molecular weight excluding hydrogens is 244 g/mol. The Hall–Kier alpha value is -1.19. The summed E-state index contributed by atoms with van der Waals surface area (Å²) >= 11 is 3.37. The third-order valence-electron chi connectivity index (χ3n) is 1.87. The molecule has 0 heterocycles. The number of nitrogens with zero attached hydrogens (tertiary/aromatic N) is 4. The summed E-state index contributed by atoms with van der Waals surface area (Å²) in [4.78, 5) is 4.75. The molecule has 0 saturated carbocycles. The first kappa shape index (κ1) is 10.9. The first-order chi connectivity index (χ1) is 6.74. The third-order valence-corrected chi connectivity index (χ3v) is 2.39. The Balaban J connectivity index is 2.55. The molecule has 0 spiro atoms. The number of rotatable bonds is 4. The van der Waals surface area contributed by atoms with Crippen LogP contribution in [0.3, 0.4) is 0 Å². The van der Waals surface area contributed by atoms with Gasteiger partial charge in [-0.25, -0.2) is 0 Å². The summed E-state index contributed by atoms with van der Waals surface area (Å²) in [6, 6.07) is 8.00. The van der Waals surface area contributed by atoms with E-state index in [9.17, 15) is 0 Å². The van der Waals surface area contributed by atoms with Crippen molar-refractivity contribution in [3.63, 3.8) is 0 Å². The zero-order valence-electron chi connectivity index (χ0n) is 7.89. The summed E-state index contributed by atoms with van der Waals surface area (Å²) in [5.74, 6) is 0. The fraction of sp³-hybridized carbons (Fsp3) is 0.333. The maximum atomic E-state index is 8.12. The first-order valence-corrected chi connectivity index (χ1v) is 5.01. The highest BCUT2D eigenvalue weighted by molar-refractivity contribution is 9.10. The average molecular weight is 255 g/mol. The lowest BCUT2D eigenvalue weighted by Gasteiger charge is -2.17. The van der Waals surface area contributed by atoms with Crippen LogP contribution in [0.4, 0.5) is 5.69 Å². The monoisotopic (exact) mass is 254 g/mol. The van der Waals surface area contributed by atoms with E-state index in [1.54, 1.807) is 0 Å². The van der Waals surface area contributed by atoms with Crippen LogP contribution >= 0.6 is 15.9 Å². The van der Waals surface area contributed by atoms with Gasteiger partial charge in [-0.05, 0) is 29.8 Å². The van der Waals surface area contributed by atoms with E-state index in [4.69, 9.17) is 5.53 Å². The van der Waals surface area contributed by atoms with E-state index >= 15 is 0 Å². The van der Waals surface area contributed by atoms with Crippen LogP contribution < -0.4 is 4.90 Å². The van der Waals surface area contributed by atoms with Crippen LogP contribution in [0.2, 0.25) is 0 Å². The SMILES string of the molecule is CN(CCN=[N+]=[N-])c1ccc(Br)cc1. The highest BCUT2D eigenvalue weighted by atomic mass is 79.9. The third kappa shape index (κ3) is 3.28. The lowest BCUT2D eigenvalue weighted by Crippen LogP contribution is -2.20. The second-order valence-electron chi connectivity index (χ2n) is 2.85. The summed E-state index contributed by atoms with van der Waals surface area (Å²) < 4.78 is 1.06. The lowest BCUT2D eigenvalue weighted by molar-refractivity contribution is 0.879. The summed E-state index contributed by atoms with van der Waals surface area (Å²) in [5, 5.41) is 3.48. The topological polar surface area (TPSA) is 52.0 Å². The van der Waals surface area contributed by atoms with E-state index in [1.807, 2.05) is 36.2 Å². The van der Waals surface area contributed by atoms with Gasteiger partial charge in [-0.3, -0.25) is 0 Å². The van der Waals surface area contributed by atoms with E-state index in [2.05, 4.69) is 26.0 Å². The molecule has 4 nitrogen and oxygen atoms in total. The molecule has 1 rings (SSSR count). The Bertz CT molecular complexity index is 329. The number of hydrogen-bond donors (Lipinski definition) is 0. The first-order valence-electron chi connectivity index (χ1n) is 4.21. The van der Waals surface area contributed by atoms with Gasteiger partial charge in [-0.15, -0.1) is 0 Å². The second kappa shape index (κ2) is 5.52. The maximum absolute atomic E-state index is 8.12. The Morgan fingerprint density at radius 2 is 2.07 bits per heavy atom. The van der Waals surface area contributed by atoms with Crippen molar-refractivity contribution in [1.82, 2.24) is 0 Å². The quantitative estimate of drug-likeness (QED) is 0.463. The number of likely N-dealkylation sites (N-methyl/N-ethyl adjacent to an activating group) is 1. The summed E-state index contributed by atoms with van der Waals surface area (Å²) in [5.41, 5.74) is 9.23. The molecule has 0 radical (unpaired) electrons. The van der Waals surface area contributed by atoms with Crippen molar-refractivity contribution in [3.8, 4) is 0 Å². The van der Waals surface area contributed by atoms with Gasteiger partial charge in [0.25, 0.3) is 0 Å². The number of halogens is 1. The van der Waals surface area contributed by atoms with Gasteiger partial charge in [0.15, 0.2) is 0 Å². The van der Waals surface area contributed by atoms with Gasteiger partial charge in [0.05, 0.1) is 0 Å². The van der Waals surface area contributed by atoms with Crippen molar-refractivity contribution in [3.05, 3.63) is 39.2 Å². The summed E-state index contributed by atoms with van der Waals surface area (Å²) in [6.45, 7) is 1.22. The molecule has 0 aromatic heterocycles. The highest BCUT2D eigenvalue weighted by Gasteiger charge is 1.98. The molecule has 1 aromatic carbocycles. The van der Waals surface area contributed by atoms with Crippen LogP contribution in [0.25, 0.3) is 10.4 Å². The molecule has 0 amide bonds. The van der Waals surface area contributed by atoms with Gasteiger partial charge < -0.3 is 4.90 Å². The van der Waals surface area contributed by atoms with E-state index in [0.29, 0.717) is 6.54 Å². The molecule has 74 valence electrons. The van der Waals surface area contributed by atoms with Crippen LogP contribution in [-0.2, 0) is 0 Å². The van der Waals surface area contributed by atoms with Crippen molar-refractivity contribution in [2.75, 3.05) is 25.0 Å². The molecular formula is C9H11BrN4. The highest BCUT2D eigenvalue weighted by Crippen LogP contribution is 2.16. The predicted molar refractivity (Wildman–Crippen MR) is 61.4 cm³/mol. The van der Waals surface area contributed by atoms with Gasteiger partial charge in [0, 0.05) is 35.2 Å². The molecule has 14 heavy (non-hydrogen) atoms. The Kier molecular flexibility index (Phi) is 4.29. The van der Waals surface area contributed by atoms with Gasteiger partial charge >= 0.3 is 0 Å². The smallest absolute Gasteiger partial charge is 0.0434 e. The predicted octanol–water partition coefficient (Wildman–Crippen LogP) is 3.20. The van der Waals surface area contributed by atoms with Gasteiger partial charge in [0.2, 0.25) is 0 Å². The Labute approximate surface area is 91.3 Å². The standard InChI is InChI=1S/C9H11BrN4/c1-14(7-6-12-13-11)9-4-2-8(10)3-5-9/h2-5H,6-7H2,1H3. The van der Waals surface area contributed by atoms with Gasteiger partial charge in [-0.2, -0.15) is 0 Å². The summed E-state index contributed by atoms with van der Waals surface area (Å²) in [6.07, 6.45) is 0. The van der Waals surface area contributed by atoms with Crippen LogP contribution in [0.1, 0.15) is 0 Å². The number of benzene rings is 1. The van der Waals surface area contributed by atoms with Crippen molar-refractivity contribution in [1.29, 1.82) is 0 Å². The van der Waals surface area contributed by atoms with E-state index in [1.165, 1.54) is 0 Å². The molecule has 0 N–H and O–H groups in total. The van der Waals surface area contributed by atoms with E-state index in [0.717, 1.165) is 16.7 Å². The number of azide groups is 1. The lowest BCUT2D eigenvalue weighted by atomic mass is 10.3. The van der Waals surface area contributed by atoms with E-state index < -0.39 is 0 Å². The minimum atomic E-state index is 0.489. The molecule has 0 atom stereocenters. The van der Waals surface area contributed by atoms with Crippen LogP contribution in [-0.4, -0.2) is 20.1 Å². The molecule has 0 fully saturated rings. The molecule has 0 saturated heterocycles. The van der Waals surface area contributed by atoms with Gasteiger partial charge in [0.1, 0.15) is 0 Å². The van der Waals surface area contributed by atoms with Gasteiger partial charge in [-0.1, -0.05) is 21.0 Å².